The predicted molar refractivity (Wildman–Crippen MR) is 73.0 cm³/mol. The van der Waals surface area contributed by atoms with E-state index in [4.69, 9.17) is 15.2 Å². The highest BCUT2D eigenvalue weighted by Gasteiger charge is 2.27. The molecule has 100 valence electrons. The first kappa shape index (κ1) is 13.2. The van der Waals surface area contributed by atoms with Crippen LogP contribution in [0.4, 0.5) is 0 Å². The molecule has 2 rings (SSSR count). The van der Waals surface area contributed by atoms with Gasteiger partial charge in [-0.05, 0) is 50.7 Å². The normalized spacial score (nSPS) is 16.3. The largest absolute Gasteiger partial charge is 0.490 e. The number of ether oxygens (including phenoxy) is 2. The lowest BCUT2D eigenvalue weighted by molar-refractivity contribution is 0.267. The van der Waals surface area contributed by atoms with Crippen LogP contribution in [0.3, 0.4) is 0 Å². The van der Waals surface area contributed by atoms with E-state index in [1.54, 1.807) is 0 Å². The van der Waals surface area contributed by atoms with Gasteiger partial charge in [0, 0.05) is 6.04 Å². The Hall–Kier alpha value is -1.22. The fraction of sp³-hybridized carbons (Fsp3) is 0.600. The first-order valence-corrected chi connectivity index (χ1v) is 6.91. The van der Waals surface area contributed by atoms with E-state index in [1.165, 1.54) is 12.8 Å². The summed E-state index contributed by atoms with van der Waals surface area (Å²) in [4.78, 5) is 0. The molecule has 0 aromatic heterocycles. The maximum atomic E-state index is 6.06. The van der Waals surface area contributed by atoms with Gasteiger partial charge < -0.3 is 15.2 Å². The van der Waals surface area contributed by atoms with Crippen LogP contribution < -0.4 is 15.2 Å². The van der Waals surface area contributed by atoms with Crippen LogP contribution in [0.5, 0.6) is 11.5 Å². The minimum atomic E-state index is 0.371. The lowest BCUT2D eigenvalue weighted by Gasteiger charge is -2.13. The number of para-hydroxylation sites is 2. The average Bonchev–Trinajstić information content (AvgIpc) is 3.21. The smallest absolute Gasteiger partial charge is 0.161 e. The second kappa shape index (κ2) is 6.64. The minimum Gasteiger partial charge on any atom is -0.490 e. The Bertz CT molecular complexity index is 363. The predicted octanol–water partition coefficient (Wildman–Crippen LogP) is 2.98. The highest BCUT2D eigenvalue weighted by atomic mass is 16.5. The van der Waals surface area contributed by atoms with E-state index in [9.17, 15) is 0 Å². The van der Waals surface area contributed by atoms with Gasteiger partial charge in [-0.3, -0.25) is 0 Å². The van der Waals surface area contributed by atoms with E-state index < -0.39 is 0 Å². The molecule has 0 amide bonds. The summed E-state index contributed by atoms with van der Waals surface area (Å²) < 4.78 is 11.3. The summed E-state index contributed by atoms with van der Waals surface area (Å²) in [5.74, 6) is 2.44. The zero-order valence-corrected chi connectivity index (χ0v) is 11.1. The van der Waals surface area contributed by atoms with Crippen molar-refractivity contribution in [2.45, 2.75) is 38.6 Å². The Morgan fingerprint density at radius 2 is 1.89 bits per heavy atom. The molecule has 1 aliphatic carbocycles. The molecular formula is C15H23NO2. The lowest BCUT2D eigenvalue weighted by atomic mass is 10.1. The maximum Gasteiger partial charge on any atom is 0.161 e. The van der Waals surface area contributed by atoms with Gasteiger partial charge in [0.25, 0.3) is 0 Å². The van der Waals surface area contributed by atoms with Crippen molar-refractivity contribution in [1.29, 1.82) is 0 Å². The van der Waals surface area contributed by atoms with Crippen molar-refractivity contribution >= 4 is 0 Å². The van der Waals surface area contributed by atoms with Crippen LogP contribution in [0.2, 0.25) is 0 Å². The van der Waals surface area contributed by atoms with E-state index in [0.717, 1.165) is 30.3 Å². The molecule has 18 heavy (non-hydrogen) atoms. The van der Waals surface area contributed by atoms with Gasteiger partial charge in [-0.2, -0.15) is 0 Å². The average molecular weight is 249 g/mol. The first-order valence-electron chi connectivity index (χ1n) is 6.91. The van der Waals surface area contributed by atoms with Crippen LogP contribution in [-0.2, 0) is 0 Å². The van der Waals surface area contributed by atoms with Crippen molar-refractivity contribution < 1.29 is 9.47 Å². The van der Waals surface area contributed by atoms with E-state index in [2.05, 4.69) is 0 Å². The lowest BCUT2D eigenvalue weighted by Crippen LogP contribution is -2.22. The van der Waals surface area contributed by atoms with Crippen molar-refractivity contribution in [3.8, 4) is 11.5 Å². The maximum absolute atomic E-state index is 6.06. The van der Waals surface area contributed by atoms with Gasteiger partial charge >= 0.3 is 0 Å². The number of nitrogens with two attached hydrogens (primary N) is 1. The summed E-state index contributed by atoms with van der Waals surface area (Å²) >= 11 is 0. The van der Waals surface area contributed by atoms with Crippen LogP contribution in [0.1, 0.15) is 32.6 Å². The quantitative estimate of drug-likeness (QED) is 0.720. The number of benzene rings is 1. The van der Waals surface area contributed by atoms with Gasteiger partial charge in [0.2, 0.25) is 0 Å². The van der Waals surface area contributed by atoms with Gasteiger partial charge in [0.15, 0.2) is 11.5 Å². The Kier molecular flexibility index (Phi) is 4.88. The zero-order valence-electron chi connectivity index (χ0n) is 11.1. The van der Waals surface area contributed by atoms with Gasteiger partial charge in [-0.25, -0.2) is 0 Å². The van der Waals surface area contributed by atoms with Crippen LogP contribution in [-0.4, -0.2) is 19.3 Å². The topological polar surface area (TPSA) is 44.5 Å². The second-order valence-corrected chi connectivity index (χ2v) is 4.87. The fourth-order valence-electron chi connectivity index (χ4n) is 2.11. The van der Waals surface area contributed by atoms with E-state index in [1.807, 2.05) is 31.2 Å². The third-order valence-electron chi connectivity index (χ3n) is 3.32. The Balaban J connectivity index is 1.71. The summed E-state index contributed by atoms with van der Waals surface area (Å²) in [6, 6.07) is 8.19. The molecule has 0 radical (unpaired) electrons. The van der Waals surface area contributed by atoms with Crippen LogP contribution in [0.25, 0.3) is 0 Å². The Morgan fingerprint density at radius 3 is 2.50 bits per heavy atom. The summed E-state index contributed by atoms with van der Waals surface area (Å²) in [5, 5.41) is 0. The molecule has 3 nitrogen and oxygen atoms in total. The number of hydrogen-bond acceptors (Lipinski definition) is 3. The van der Waals surface area contributed by atoms with E-state index >= 15 is 0 Å². The molecule has 0 spiro atoms. The summed E-state index contributed by atoms with van der Waals surface area (Å²) in [5.41, 5.74) is 6.06. The molecule has 1 fully saturated rings. The Labute approximate surface area is 109 Å². The molecule has 0 bridgehead atoms. The van der Waals surface area contributed by atoms with Crippen LogP contribution >= 0.6 is 0 Å². The summed E-state index contributed by atoms with van der Waals surface area (Å²) in [6.07, 6.45) is 4.70. The van der Waals surface area contributed by atoms with Crippen molar-refractivity contribution in [3.63, 3.8) is 0 Å². The van der Waals surface area contributed by atoms with Gasteiger partial charge in [0.05, 0.1) is 13.2 Å². The highest BCUT2D eigenvalue weighted by molar-refractivity contribution is 5.39. The molecule has 0 aliphatic heterocycles. The second-order valence-electron chi connectivity index (χ2n) is 4.87. The van der Waals surface area contributed by atoms with Crippen molar-refractivity contribution in [2.24, 2.45) is 11.7 Å². The first-order chi connectivity index (χ1) is 8.81. The molecule has 1 atom stereocenters. The van der Waals surface area contributed by atoms with E-state index in [0.29, 0.717) is 19.3 Å². The molecule has 2 N–H and O–H groups in total. The third kappa shape index (κ3) is 3.91. The van der Waals surface area contributed by atoms with Gasteiger partial charge in [-0.15, -0.1) is 0 Å². The minimum absolute atomic E-state index is 0.371. The Morgan fingerprint density at radius 1 is 1.22 bits per heavy atom. The standard InChI is InChI=1S/C15H23NO2/c1-2-17-14-7-3-4-8-15(14)18-11-5-6-13(16)12-9-10-12/h3-4,7-8,12-13H,2,5-6,9-11,16H2,1H3. The van der Waals surface area contributed by atoms with E-state index in [-0.39, 0.29) is 0 Å². The molecule has 1 aliphatic rings. The van der Waals surface area contributed by atoms with Crippen molar-refractivity contribution in [3.05, 3.63) is 24.3 Å². The number of rotatable bonds is 8. The molecule has 0 heterocycles. The van der Waals surface area contributed by atoms with Crippen molar-refractivity contribution in [2.75, 3.05) is 13.2 Å². The molecule has 0 saturated heterocycles. The van der Waals surface area contributed by atoms with Gasteiger partial charge in [0.1, 0.15) is 0 Å². The highest BCUT2D eigenvalue weighted by Crippen LogP contribution is 2.33. The summed E-state index contributed by atoms with van der Waals surface area (Å²) in [6.45, 7) is 3.35. The van der Waals surface area contributed by atoms with Crippen LogP contribution in [0, 0.1) is 5.92 Å². The van der Waals surface area contributed by atoms with Crippen molar-refractivity contribution in [1.82, 2.24) is 0 Å². The molecule has 3 heteroatoms. The van der Waals surface area contributed by atoms with Crippen LogP contribution in [0.15, 0.2) is 24.3 Å². The summed E-state index contributed by atoms with van der Waals surface area (Å²) in [7, 11) is 0. The zero-order chi connectivity index (χ0) is 12.8. The van der Waals surface area contributed by atoms with Gasteiger partial charge in [-0.1, -0.05) is 12.1 Å². The molecule has 1 aromatic rings. The SMILES string of the molecule is CCOc1ccccc1OCCCC(N)C1CC1. The third-order valence-corrected chi connectivity index (χ3v) is 3.32. The number of hydrogen-bond donors (Lipinski definition) is 1. The molecule has 1 unspecified atom stereocenters. The molecular weight excluding hydrogens is 226 g/mol. The molecule has 1 saturated carbocycles. The molecule has 1 aromatic carbocycles. The fourth-order valence-corrected chi connectivity index (χ4v) is 2.11. The monoisotopic (exact) mass is 249 g/mol.